The summed E-state index contributed by atoms with van der Waals surface area (Å²) in [5.74, 6) is -0.346. The van der Waals surface area contributed by atoms with Crippen LogP contribution in [-0.4, -0.2) is 45.7 Å². The van der Waals surface area contributed by atoms with Crippen LogP contribution in [0.3, 0.4) is 0 Å². The molecular weight excluding hydrogens is 172 g/mol. The summed E-state index contributed by atoms with van der Waals surface area (Å²) < 4.78 is 0. The fourth-order valence-corrected chi connectivity index (χ4v) is 1.57. The molecule has 1 N–H and O–H groups in total. The van der Waals surface area contributed by atoms with Gasteiger partial charge < -0.3 is 10.0 Å². The third-order valence-corrected chi connectivity index (χ3v) is 2.36. The summed E-state index contributed by atoms with van der Waals surface area (Å²) in [5, 5.41) is 8.81. The van der Waals surface area contributed by atoms with Crippen LogP contribution in [-0.2, 0) is 4.79 Å². The third kappa shape index (κ3) is 1.19. The van der Waals surface area contributed by atoms with E-state index in [1.54, 1.807) is 20.8 Å². The highest BCUT2D eigenvalue weighted by Crippen LogP contribution is 2.26. The Labute approximate surface area is 76.9 Å². The molecule has 1 heterocycles. The lowest BCUT2D eigenvalue weighted by Crippen LogP contribution is -2.43. The molecule has 3 amide bonds. The van der Waals surface area contributed by atoms with Crippen LogP contribution in [0.1, 0.15) is 20.8 Å². The van der Waals surface area contributed by atoms with Gasteiger partial charge in [0.2, 0.25) is 0 Å². The predicted octanol–water partition coefficient (Wildman–Crippen LogP) is -0.00110. The largest absolute Gasteiger partial charge is 0.376 e. The molecule has 5 nitrogen and oxygen atoms in total. The number of hydrogen-bond donors (Lipinski definition) is 1. The van der Waals surface area contributed by atoms with Gasteiger partial charge in [-0.25, -0.2) is 9.69 Å². The van der Waals surface area contributed by atoms with Gasteiger partial charge in [0, 0.05) is 6.54 Å². The van der Waals surface area contributed by atoms with Crippen LogP contribution in [0.4, 0.5) is 4.79 Å². The third-order valence-electron chi connectivity index (χ3n) is 2.36. The molecule has 0 spiro atoms. The normalized spacial score (nSPS) is 21.5. The summed E-state index contributed by atoms with van der Waals surface area (Å²) >= 11 is 0. The van der Waals surface area contributed by atoms with E-state index in [2.05, 4.69) is 0 Å². The summed E-state index contributed by atoms with van der Waals surface area (Å²) in [5.41, 5.74) is -0.825. The van der Waals surface area contributed by atoms with Crippen LogP contribution >= 0.6 is 0 Å². The number of nitrogens with zero attached hydrogens (tertiary/aromatic N) is 2. The number of hydrogen-bond acceptors (Lipinski definition) is 3. The van der Waals surface area contributed by atoms with Gasteiger partial charge in [-0.15, -0.1) is 0 Å². The van der Waals surface area contributed by atoms with Crippen LogP contribution in [0.5, 0.6) is 0 Å². The van der Waals surface area contributed by atoms with Crippen molar-refractivity contribution in [3.8, 4) is 0 Å². The minimum atomic E-state index is -0.825. The summed E-state index contributed by atoms with van der Waals surface area (Å²) in [6.07, 6.45) is 0. The number of urea groups is 1. The number of amides is 3. The average molecular weight is 186 g/mol. The molecule has 1 aliphatic rings. The monoisotopic (exact) mass is 186 g/mol. The van der Waals surface area contributed by atoms with E-state index >= 15 is 0 Å². The zero-order chi connectivity index (χ0) is 10.2. The molecule has 5 heteroatoms. The second-order valence-electron chi connectivity index (χ2n) is 3.46. The van der Waals surface area contributed by atoms with Crippen molar-refractivity contribution in [1.29, 1.82) is 0 Å². The van der Waals surface area contributed by atoms with Gasteiger partial charge in [-0.05, 0) is 20.8 Å². The Morgan fingerprint density at radius 3 is 2.15 bits per heavy atom. The van der Waals surface area contributed by atoms with Crippen LogP contribution < -0.4 is 0 Å². The summed E-state index contributed by atoms with van der Waals surface area (Å²) in [4.78, 5) is 25.3. The molecule has 0 atom stereocenters. The molecule has 0 aromatic heterocycles. The summed E-state index contributed by atoms with van der Waals surface area (Å²) in [6.45, 7) is 5.07. The number of aliphatic hydroxyl groups excluding tert-OH is 1. The standard InChI is InChI=1S/C8H14N2O3/c1-4-10-7(13)9(5-11)6(12)8(10,2)3/h11H,4-5H2,1-3H3. The van der Waals surface area contributed by atoms with Gasteiger partial charge in [-0.3, -0.25) is 4.79 Å². The topological polar surface area (TPSA) is 60.9 Å². The SMILES string of the molecule is CCN1C(=O)N(CO)C(=O)C1(C)C. The highest BCUT2D eigenvalue weighted by atomic mass is 16.3. The Morgan fingerprint density at radius 2 is 1.92 bits per heavy atom. The molecule has 0 aliphatic carbocycles. The van der Waals surface area contributed by atoms with E-state index in [0.29, 0.717) is 6.54 Å². The van der Waals surface area contributed by atoms with E-state index in [4.69, 9.17) is 5.11 Å². The average Bonchev–Trinajstić information content (AvgIpc) is 2.20. The fraction of sp³-hybridized carbons (Fsp3) is 0.750. The first kappa shape index (κ1) is 9.98. The summed E-state index contributed by atoms with van der Waals surface area (Å²) in [7, 11) is 0. The number of carbonyl (C=O) groups excluding carboxylic acids is 2. The number of likely N-dealkylation sites (N-methyl/N-ethyl adjacent to an activating group) is 1. The maximum Gasteiger partial charge on any atom is 0.329 e. The van der Waals surface area contributed by atoms with Crippen molar-refractivity contribution in [1.82, 2.24) is 9.80 Å². The van der Waals surface area contributed by atoms with Gasteiger partial charge >= 0.3 is 6.03 Å². The molecule has 1 saturated heterocycles. The van der Waals surface area contributed by atoms with Gasteiger partial charge in [-0.1, -0.05) is 0 Å². The van der Waals surface area contributed by atoms with Gasteiger partial charge in [0.25, 0.3) is 5.91 Å². The van der Waals surface area contributed by atoms with Crippen molar-refractivity contribution in [3.63, 3.8) is 0 Å². The molecule has 0 bridgehead atoms. The van der Waals surface area contributed by atoms with E-state index in [1.807, 2.05) is 0 Å². The van der Waals surface area contributed by atoms with Gasteiger partial charge in [0.15, 0.2) is 0 Å². The molecule has 1 rings (SSSR count). The van der Waals surface area contributed by atoms with Crippen molar-refractivity contribution in [2.75, 3.05) is 13.3 Å². The number of carbonyl (C=O) groups is 2. The van der Waals surface area contributed by atoms with Crippen molar-refractivity contribution >= 4 is 11.9 Å². The lowest BCUT2D eigenvalue weighted by molar-refractivity contribution is -0.134. The molecule has 1 aliphatic heterocycles. The van der Waals surface area contributed by atoms with Crippen LogP contribution in [0, 0.1) is 0 Å². The van der Waals surface area contributed by atoms with E-state index in [0.717, 1.165) is 4.90 Å². The molecule has 1 fully saturated rings. The minimum absolute atomic E-state index is 0.346. The Bertz CT molecular complexity index is 250. The minimum Gasteiger partial charge on any atom is -0.376 e. The molecule has 0 radical (unpaired) electrons. The molecular formula is C8H14N2O3. The second-order valence-corrected chi connectivity index (χ2v) is 3.46. The van der Waals surface area contributed by atoms with Gasteiger partial charge in [-0.2, -0.15) is 0 Å². The Morgan fingerprint density at radius 1 is 1.38 bits per heavy atom. The number of aliphatic hydroxyl groups is 1. The van der Waals surface area contributed by atoms with Gasteiger partial charge in [0.05, 0.1) is 0 Å². The van der Waals surface area contributed by atoms with E-state index in [1.165, 1.54) is 4.90 Å². The molecule has 0 unspecified atom stereocenters. The molecule has 74 valence electrons. The molecule has 0 aromatic carbocycles. The first-order chi connectivity index (χ1) is 5.96. The molecule has 0 aromatic rings. The lowest BCUT2D eigenvalue weighted by atomic mass is 10.0. The fourth-order valence-electron chi connectivity index (χ4n) is 1.57. The van der Waals surface area contributed by atoms with Crippen molar-refractivity contribution in [3.05, 3.63) is 0 Å². The first-order valence-electron chi connectivity index (χ1n) is 4.21. The van der Waals surface area contributed by atoms with E-state index in [9.17, 15) is 9.59 Å². The lowest BCUT2D eigenvalue weighted by Gasteiger charge is -2.25. The quantitative estimate of drug-likeness (QED) is 0.617. The van der Waals surface area contributed by atoms with E-state index < -0.39 is 18.3 Å². The van der Waals surface area contributed by atoms with Gasteiger partial charge in [0.1, 0.15) is 12.3 Å². The highest BCUT2D eigenvalue weighted by molar-refractivity contribution is 6.06. The number of imide groups is 1. The zero-order valence-corrected chi connectivity index (χ0v) is 8.07. The molecule has 13 heavy (non-hydrogen) atoms. The summed E-state index contributed by atoms with van der Waals surface area (Å²) in [6, 6.07) is -0.417. The van der Waals surface area contributed by atoms with Crippen LogP contribution in [0.2, 0.25) is 0 Å². The van der Waals surface area contributed by atoms with Crippen LogP contribution in [0.15, 0.2) is 0 Å². The number of rotatable bonds is 2. The second kappa shape index (κ2) is 2.99. The van der Waals surface area contributed by atoms with Crippen molar-refractivity contribution in [2.45, 2.75) is 26.3 Å². The first-order valence-corrected chi connectivity index (χ1v) is 4.21. The Balaban J connectivity index is 3.03. The van der Waals surface area contributed by atoms with Crippen LogP contribution in [0.25, 0.3) is 0 Å². The Kier molecular flexibility index (Phi) is 2.30. The van der Waals surface area contributed by atoms with Crippen molar-refractivity contribution < 1.29 is 14.7 Å². The molecule has 0 saturated carbocycles. The Hall–Kier alpha value is -1.10. The maximum absolute atomic E-state index is 11.5. The predicted molar refractivity (Wildman–Crippen MR) is 45.8 cm³/mol. The zero-order valence-electron chi connectivity index (χ0n) is 8.07. The van der Waals surface area contributed by atoms with Crippen molar-refractivity contribution in [2.24, 2.45) is 0 Å². The smallest absolute Gasteiger partial charge is 0.329 e. The maximum atomic E-state index is 11.5. The van der Waals surface area contributed by atoms with E-state index in [-0.39, 0.29) is 5.91 Å². The highest BCUT2D eigenvalue weighted by Gasteiger charge is 2.49.